The third-order valence-corrected chi connectivity index (χ3v) is 4.79. The number of ether oxygens (including phenoxy) is 1. The van der Waals surface area contributed by atoms with E-state index in [2.05, 4.69) is 0 Å². The zero-order valence-corrected chi connectivity index (χ0v) is 12.5. The molecule has 0 bridgehead atoms. The normalized spacial score (nSPS) is 12.1. The average molecular weight is 310 g/mol. The van der Waals surface area contributed by atoms with E-state index in [0.717, 1.165) is 10.4 Å². The number of benzene rings is 1. The van der Waals surface area contributed by atoms with Gasteiger partial charge in [-0.2, -0.15) is 4.31 Å². The molecule has 0 fully saturated rings. The van der Waals surface area contributed by atoms with Crippen LogP contribution in [0.3, 0.4) is 0 Å². The van der Waals surface area contributed by atoms with Gasteiger partial charge in [0.2, 0.25) is 10.0 Å². The van der Waals surface area contributed by atoms with Crippen LogP contribution >= 0.6 is 11.6 Å². The molecule has 4 nitrogen and oxygen atoms in total. The van der Waals surface area contributed by atoms with Crippen molar-refractivity contribution >= 4 is 21.6 Å². The van der Waals surface area contributed by atoms with Gasteiger partial charge in [0.15, 0.2) is 0 Å². The van der Waals surface area contributed by atoms with Crippen molar-refractivity contribution in [3.63, 3.8) is 0 Å². The maximum atomic E-state index is 13.8. The number of sulfonamides is 1. The molecule has 1 aromatic carbocycles. The predicted octanol–water partition coefficient (Wildman–Crippen LogP) is 2.22. The lowest BCUT2D eigenvalue weighted by Crippen LogP contribution is -2.31. The molecule has 108 valence electrons. The average Bonchev–Trinajstić information content (AvgIpc) is 2.38. The van der Waals surface area contributed by atoms with E-state index in [9.17, 15) is 12.8 Å². The summed E-state index contributed by atoms with van der Waals surface area (Å²) in [4.78, 5) is -0.347. The molecule has 0 atom stereocenters. The molecule has 0 aromatic heterocycles. The van der Waals surface area contributed by atoms with Crippen molar-refractivity contribution in [2.45, 2.75) is 17.7 Å². The molecule has 0 radical (unpaired) electrons. The van der Waals surface area contributed by atoms with Crippen LogP contribution in [-0.4, -0.2) is 39.5 Å². The summed E-state index contributed by atoms with van der Waals surface area (Å²) in [7, 11) is -2.45. The van der Waals surface area contributed by atoms with Gasteiger partial charge >= 0.3 is 0 Å². The van der Waals surface area contributed by atoms with E-state index < -0.39 is 15.8 Å². The van der Waals surface area contributed by atoms with Crippen molar-refractivity contribution in [1.82, 2.24) is 4.31 Å². The third-order valence-electron chi connectivity index (χ3n) is 2.59. The predicted molar refractivity (Wildman–Crippen MR) is 72.3 cm³/mol. The summed E-state index contributed by atoms with van der Waals surface area (Å²) in [6.45, 7) is 2.77. The first-order valence-electron chi connectivity index (χ1n) is 5.82. The van der Waals surface area contributed by atoms with Crippen LogP contribution in [0.15, 0.2) is 23.1 Å². The van der Waals surface area contributed by atoms with Gasteiger partial charge in [-0.05, 0) is 24.6 Å². The van der Waals surface area contributed by atoms with Crippen molar-refractivity contribution in [3.8, 4) is 0 Å². The Labute approximate surface area is 118 Å². The lowest BCUT2D eigenvalue weighted by atomic mass is 10.2. The Balaban J connectivity index is 2.93. The monoisotopic (exact) mass is 309 g/mol. The maximum absolute atomic E-state index is 13.8. The molecule has 0 aliphatic carbocycles. The lowest BCUT2D eigenvalue weighted by molar-refractivity contribution is 0.138. The molecule has 0 spiro atoms. The molecule has 0 heterocycles. The number of halogens is 2. The van der Waals surface area contributed by atoms with Crippen molar-refractivity contribution < 1.29 is 17.5 Å². The number of hydrogen-bond donors (Lipinski definition) is 0. The van der Waals surface area contributed by atoms with E-state index >= 15 is 0 Å². The highest BCUT2D eigenvalue weighted by molar-refractivity contribution is 7.89. The highest BCUT2D eigenvalue weighted by Crippen LogP contribution is 2.20. The number of alkyl halides is 1. The minimum absolute atomic E-state index is 0.136. The fourth-order valence-electron chi connectivity index (χ4n) is 1.46. The fourth-order valence-corrected chi connectivity index (χ4v) is 2.82. The van der Waals surface area contributed by atoms with E-state index in [1.165, 1.54) is 19.2 Å². The van der Waals surface area contributed by atoms with Crippen LogP contribution in [0.1, 0.15) is 12.5 Å². The Hall–Kier alpha value is -0.690. The van der Waals surface area contributed by atoms with Gasteiger partial charge in [0.1, 0.15) is 10.7 Å². The zero-order chi connectivity index (χ0) is 14.5. The van der Waals surface area contributed by atoms with E-state index in [1.807, 2.05) is 6.92 Å². The quantitative estimate of drug-likeness (QED) is 0.573. The van der Waals surface area contributed by atoms with E-state index in [4.69, 9.17) is 16.3 Å². The molecule has 19 heavy (non-hydrogen) atoms. The van der Waals surface area contributed by atoms with Gasteiger partial charge in [-0.25, -0.2) is 12.8 Å². The van der Waals surface area contributed by atoms with Gasteiger partial charge in [-0.1, -0.05) is 6.07 Å². The molecule has 0 saturated heterocycles. The highest BCUT2D eigenvalue weighted by Gasteiger charge is 2.24. The Kier molecular flexibility index (Phi) is 6.19. The number of hydrogen-bond acceptors (Lipinski definition) is 3. The van der Waals surface area contributed by atoms with Crippen LogP contribution in [0.4, 0.5) is 4.39 Å². The smallest absolute Gasteiger partial charge is 0.245 e. The van der Waals surface area contributed by atoms with Crippen molar-refractivity contribution in [2.75, 3.05) is 26.8 Å². The minimum atomic E-state index is -3.84. The van der Waals surface area contributed by atoms with Crippen LogP contribution in [0.2, 0.25) is 0 Å². The Morgan fingerprint density at radius 2 is 2.11 bits per heavy atom. The van der Waals surface area contributed by atoms with Gasteiger partial charge in [-0.3, -0.25) is 0 Å². The first kappa shape index (κ1) is 16.4. The third kappa shape index (κ3) is 4.14. The SMILES string of the molecule is CCOCCN(C)S(=O)(=O)c1ccc(CCl)cc1F. The summed E-state index contributed by atoms with van der Waals surface area (Å²) in [5, 5.41) is 0. The molecule has 0 unspecified atom stereocenters. The van der Waals surface area contributed by atoms with Crippen molar-refractivity contribution in [1.29, 1.82) is 0 Å². The van der Waals surface area contributed by atoms with Crippen LogP contribution in [0.25, 0.3) is 0 Å². The van der Waals surface area contributed by atoms with Crippen molar-refractivity contribution in [2.24, 2.45) is 0 Å². The first-order valence-corrected chi connectivity index (χ1v) is 7.79. The molecule has 0 aliphatic rings. The standard InChI is InChI=1S/C12H17ClFNO3S/c1-3-18-7-6-15(2)19(16,17)12-5-4-10(9-13)8-11(12)14/h4-5,8H,3,6-7,9H2,1-2H3. The molecular formula is C12H17ClFNO3S. The summed E-state index contributed by atoms with van der Waals surface area (Å²) < 4.78 is 44.2. The van der Waals surface area contributed by atoms with Gasteiger partial charge in [0, 0.05) is 26.1 Å². The number of rotatable bonds is 7. The summed E-state index contributed by atoms with van der Waals surface area (Å²) >= 11 is 5.57. The highest BCUT2D eigenvalue weighted by atomic mass is 35.5. The van der Waals surface area contributed by atoms with Gasteiger partial charge in [0.05, 0.1) is 6.61 Å². The van der Waals surface area contributed by atoms with Crippen LogP contribution in [0, 0.1) is 5.82 Å². The minimum Gasteiger partial charge on any atom is -0.380 e. The topological polar surface area (TPSA) is 46.6 Å². The van der Waals surface area contributed by atoms with Gasteiger partial charge < -0.3 is 4.74 Å². The second-order valence-electron chi connectivity index (χ2n) is 3.92. The lowest BCUT2D eigenvalue weighted by Gasteiger charge is -2.17. The second-order valence-corrected chi connectivity index (χ2v) is 6.20. The van der Waals surface area contributed by atoms with E-state index in [1.54, 1.807) is 0 Å². The van der Waals surface area contributed by atoms with E-state index in [-0.39, 0.29) is 23.9 Å². The van der Waals surface area contributed by atoms with Crippen LogP contribution in [-0.2, 0) is 20.6 Å². The van der Waals surface area contributed by atoms with Crippen molar-refractivity contribution in [3.05, 3.63) is 29.6 Å². The van der Waals surface area contributed by atoms with Gasteiger partial charge in [-0.15, -0.1) is 11.6 Å². The summed E-state index contributed by atoms with van der Waals surface area (Å²) in [6, 6.07) is 3.87. The fraction of sp³-hybridized carbons (Fsp3) is 0.500. The molecule has 0 saturated carbocycles. The molecule has 1 rings (SSSR count). The van der Waals surface area contributed by atoms with Gasteiger partial charge in [0.25, 0.3) is 0 Å². The van der Waals surface area contributed by atoms with Crippen LogP contribution in [0.5, 0.6) is 0 Å². The second kappa shape index (κ2) is 7.19. The maximum Gasteiger partial charge on any atom is 0.245 e. The molecule has 1 aromatic rings. The summed E-state index contributed by atoms with van der Waals surface area (Å²) in [5.41, 5.74) is 0.537. The largest absolute Gasteiger partial charge is 0.380 e. The summed E-state index contributed by atoms with van der Waals surface area (Å²) in [5.74, 6) is -0.654. The van der Waals surface area contributed by atoms with E-state index in [0.29, 0.717) is 12.2 Å². The molecular weight excluding hydrogens is 293 g/mol. The molecule has 0 amide bonds. The Morgan fingerprint density at radius 3 is 2.63 bits per heavy atom. The Morgan fingerprint density at radius 1 is 1.42 bits per heavy atom. The number of likely N-dealkylation sites (N-methyl/N-ethyl adjacent to an activating group) is 1. The Bertz CT molecular complexity index is 522. The molecule has 0 N–H and O–H groups in total. The molecule has 0 aliphatic heterocycles. The first-order chi connectivity index (χ1) is 8.93. The zero-order valence-electron chi connectivity index (χ0n) is 10.9. The summed E-state index contributed by atoms with van der Waals surface area (Å²) in [6.07, 6.45) is 0. The van der Waals surface area contributed by atoms with Crippen LogP contribution < -0.4 is 0 Å². The number of nitrogens with zero attached hydrogens (tertiary/aromatic N) is 1. The molecule has 7 heteroatoms.